The number of anilines is 2. The van der Waals surface area contributed by atoms with E-state index in [1.165, 1.54) is 25.3 Å². The summed E-state index contributed by atoms with van der Waals surface area (Å²) in [6, 6.07) is 5.55. The fourth-order valence-corrected chi connectivity index (χ4v) is 1.68. The van der Waals surface area contributed by atoms with Gasteiger partial charge >= 0.3 is 0 Å². The van der Waals surface area contributed by atoms with Crippen LogP contribution < -0.4 is 15.8 Å². The summed E-state index contributed by atoms with van der Waals surface area (Å²) in [7, 11) is 1.41. The second-order valence-electron chi connectivity index (χ2n) is 4.19. The maximum absolute atomic E-state index is 13.5. The highest BCUT2D eigenvalue weighted by Gasteiger charge is 2.15. The van der Waals surface area contributed by atoms with Crippen LogP contribution in [0.15, 0.2) is 30.3 Å². The average molecular weight is 294 g/mol. The van der Waals surface area contributed by atoms with Crippen molar-refractivity contribution >= 4 is 17.3 Å². The molecule has 1 amide bonds. The predicted molar refractivity (Wildman–Crippen MR) is 73.4 cm³/mol. The summed E-state index contributed by atoms with van der Waals surface area (Å²) in [6.45, 7) is 0. The highest BCUT2D eigenvalue weighted by atomic mass is 19.1. The van der Waals surface area contributed by atoms with Crippen LogP contribution in [0.1, 0.15) is 10.4 Å². The summed E-state index contributed by atoms with van der Waals surface area (Å²) in [6.07, 6.45) is 0. The minimum Gasteiger partial charge on any atom is -0.507 e. The van der Waals surface area contributed by atoms with Gasteiger partial charge in [-0.2, -0.15) is 0 Å². The van der Waals surface area contributed by atoms with Gasteiger partial charge in [-0.05, 0) is 18.2 Å². The van der Waals surface area contributed by atoms with Crippen LogP contribution in [0.4, 0.5) is 20.2 Å². The third kappa shape index (κ3) is 3.02. The minimum atomic E-state index is -0.969. The van der Waals surface area contributed by atoms with E-state index in [1.807, 2.05) is 0 Å². The largest absolute Gasteiger partial charge is 0.507 e. The predicted octanol–water partition coefficient (Wildman–Crippen LogP) is 2.51. The number of phenolic OH excluding ortho intramolecular Hbond substituents is 1. The highest BCUT2D eigenvalue weighted by molar-refractivity contribution is 6.06. The summed E-state index contributed by atoms with van der Waals surface area (Å²) >= 11 is 0. The summed E-state index contributed by atoms with van der Waals surface area (Å²) in [5, 5.41) is 11.9. The first kappa shape index (κ1) is 14.6. The first-order chi connectivity index (χ1) is 9.92. The molecule has 0 bridgehead atoms. The number of hydrogen-bond acceptors (Lipinski definition) is 4. The van der Waals surface area contributed by atoms with E-state index in [9.17, 15) is 18.7 Å². The molecule has 0 spiro atoms. The van der Waals surface area contributed by atoms with Crippen molar-refractivity contribution in [3.63, 3.8) is 0 Å². The van der Waals surface area contributed by atoms with Crippen molar-refractivity contribution in [3.8, 4) is 11.5 Å². The fraction of sp³-hybridized carbons (Fsp3) is 0.0714. The number of rotatable bonds is 3. The first-order valence-electron chi connectivity index (χ1n) is 5.85. The van der Waals surface area contributed by atoms with Crippen LogP contribution in [0.2, 0.25) is 0 Å². The van der Waals surface area contributed by atoms with Crippen molar-refractivity contribution in [1.29, 1.82) is 0 Å². The van der Waals surface area contributed by atoms with Gasteiger partial charge in [-0.25, -0.2) is 8.78 Å². The summed E-state index contributed by atoms with van der Waals surface area (Å²) < 4.78 is 31.5. The number of nitrogen functional groups attached to an aromatic ring is 1. The Morgan fingerprint density at radius 3 is 2.57 bits per heavy atom. The van der Waals surface area contributed by atoms with Gasteiger partial charge in [-0.3, -0.25) is 4.79 Å². The molecule has 2 aromatic carbocycles. The lowest BCUT2D eigenvalue weighted by Gasteiger charge is -2.10. The number of phenols is 1. The Balaban J connectivity index is 2.28. The van der Waals surface area contributed by atoms with Gasteiger partial charge in [0.05, 0.1) is 24.0 Å². The zero-order valence-corrected chi connectivity index (χ0v) is 11.0. The number of hydrogen-bond donors (Lipinski definition) is 3. The van der Waals surface area contributed by atoms with Crippen LogP contribution in [0, 0.1) is 11.6 Å². The van der Waals surface area contributed by atoms with Gasteiger partial charge in [0.25, 0.3) is 5.91 Å². The molecule has 0 aliphatic heterocycles. The molecule has 0 atom stereocenters. The number of carbonyl (C=O) groups is 1. The Morgan fingerprint density at radius 2 is 1.95 bits per heavy atom. The van der Waals surface area contributed by atoms with Crippen molar-refractivity contribution in [3.05, 3.63) is 47.5 Å². The van der Waals surface area contributed by atoms with E-state index in [1.54, 1.807) is 0 Å². The Bertz CT molecular complexity index is 705. The van der Waals surface area contributed by atoms with Gasteiger partial charge in [0.15, 0.2) is 0 Å². The second kappa shape index (κ2) is 5.66. The summed E-state index contributed by atoms with van der Waals surface area (Å²) in [4.78, 5) is 12.0. The number of carbonyl (C=O) groups excluding carboxylic acids is 1. The molecule has 2 rings (SSSR count). The lowest BCUT2D eigenvalue weighted by molar-refractivity contribution is 0.102. The van der Waals surface area contributed by atoms with Gasteiger partial charge in [-0.15, -0.1) is 0 Å². The Kier molecular flexibility index (Phi) is 3.93. The topological polar surface area (TPSA) is 84.6 Å². The monoisotopic (exact) mass is 294 g/mol. The van der Waals surface area contributed by atoms with Crippen LogP contribution in [0.5, 0.6) is 11.5 Å². The van der Waals surface area contributed by atoms with E-state index < -0.39 is 17.5 Å². The molecule has 4 N–H and O–H groups in total. The van der Waals surface area contributed by atoms with E-state index in [-0.39, 0.29) is 22.7 Å². The molecule has 0 aliphatic carbocycles. The quantitative estimate of drug-likeness (QED) is 0.759. The van der Waals surface area contributed by atoms with E-state index >= 15 is 0 Å². The third-order valence-electron chi connectivity index (χ3n) is 2.78. The van der Waals surface area contributed by atoms with E-state index in [2.05, 4.69) is 5.32 Å². The molecule has 0 radical (unpaired) electrons. The highest BCUT2D eigenvalue weighted by Crippen LogP contribution is 2.26. The van der Waals surface area contributed by atoms with Gasteiger partial charge in [-0.1, -0.05) is 0 Å². The van der Waals surface area contributed by atoms with Crippen molar-refractivity contribution in [1.82, 2.24) is 0 Å². The number of nitrogens with one attached hydrogen (secondary N) is 1. The maximum atomic E-state index is 13.5. The molecule has 0 saturated carbocycles. The number of benzene rings is 2. The lowest BCUT2D eigenvalue weighted by atomic mass is 10.1. The molecular weight excluding hydrogens is 282 g/mol. The molecule has 0 saturated heterocycles. The molecule has 0 fully saturated rings. The molecule has 7 heteroatoms. The molecule has 110 valence electrons. The Hall–Kier alpha value is -2.83. The molecule has 21 heavy (non-hydrogen) atoms. The van der Waals surface area contributed by atoms with Crippen LogP contribution in [-0.2, 0) is 0 Å². The standard InChI is InChI=1S/C14H12F2N2O3/c1-21-7-2-3-8(13(19)4-7)14(20)18-12-6-11(17)9(15)5-10(12)16/h2-6,19H,17H2,1H3,(H,18,20). The van der Waals surface area contributed by atoms with Gasteiger partial charge in [0.2, 0.25) is 0 Å². The number of halogens is 2. The lowest BCUT2D eigenvalue weighted by Crippen LogP contribution is -2.14. The zero-order valence-electron chi connectivity index (χ0n) is 11.0. The van der Waals surface area contributed by atoms with Crippen molar-refractivity contribution in [2.75, 3.05) is 18.2 Å². The van der Waals surface area contributed by atoms with Crippen molar-refractivity contribution in [2.24, 2.45) is 0 Å². The first-order valence-corrected chi connectivity index (χ1v) is 5.85. The van der Waals surface area contributed by atoms with Crippen molar-refractivity contribution in [2.45, 2.75) is 0 Å². The second-order valence-corrected chi connectivity index (χ2v) is 4.19. The minimum absolute atomic E-state index is 0.0851. The number of amides is 1. The zero-order chi connectivity index (χ0) is 15.6. The Morgan fingerprint density at radius 1 is 1.24 bits per heavy atom. The average Bonchev–Trinajstić information content (AvgIpc) is 2.44. The van der Waals surface area contributed by atoms with Crippen LogP contribution in [0.3, 0.4) is 0 Å². The normalized spacial score (nSPS) is 10.2. The SMILES string of the molecule is COc1ccc(C(=O)Nc2cc(N)c(F)cc2F)c(O)c1. The van der Waals surface area contributed by atoms with Crippen LogP contribution in [-0.4, -0.2) is 18.1 Å². The van der Waals surface area contributed by atoms with E-state index in [0.29, 0.717) is 11.8 Å². The summed E-state index contributed by atoms with van der Waals surface area (Å²) in [5.74, 6) is -2.62. The number of ether oxygens (including phenoxy) is 1. The van der Waals surface area contributed by atoms with Gasteiger partial charge < -0.3 is 20.9 Å². The van der Waals surface area contributed by atoms with Crippen LogP contribution in [0.25, 0.3) is 0 Å². The fourth-order valence-electron chi connectivity index (χ4n) is 1.68. The molecule has 0 unspecified atom stereocenters. The number of nitrogens with two attached hydrogens (primary N) is 1. The molecule has 2 aromatic rings. The molecule has 0 aromatic heterocycles. The van der Waals surface area contributed by atoms with Crippen LogP contribution >= 0.6 is 0 Å². The van der Waals surface area contributed by atoms with Crippen molar-refractivity contribution < 1.29 is 23.4 Å². The molecule has 5 nitrogen and oxygen atoms in total. The molecule has 0 heterocycles. The van der Waals surface area contributed by atoms with Gasteiger partial charge in [0.1, 0.15) is 23.1 Å². The number of methoxy groups -OCH3 is 1. The van der Waals surface area contributed by atoms with E-state index in [4.69, 9.17) is 10.5 Å². The van der Waals surface area contributed by atoms with Gasteiger partial charge in [0, 0.05) is 12.1 Å². The smallest absolute Gasteiger partial charge is 0.259 e. The molecule has 0 aliphatic rings. The maximum Gasteiger partial charge on any atom is 0.259 e. The summed E-state index contributed by atoms with van der Waals surface area (Å²) in [5.41, 5.74) is 4.64. The van der Waals surface area contributed by atoms with E-state index in [0.717, 1.165) is 6.07 Å². The Labute approximate surface area is 119 Å². The third-order valence-corrected chi connectivity index (χ3v) is 2.78. The number of aromatic hydroxyl groups is 1. The molecular formula is C14H12F2N2O3.